The third-order valence-electron chi connectivity index (χ3n) is 22.4. The summed E-state index contributed by atoms with van der Waals surface area (Å²) in [5, 5.41) is 39.6. The molecule has 6 aliphatic heterocycles. The Hall–Kier alpha value is -4.70. The second kappa shape index (κ2) is 31.0. The first-order chi connectivity index (χ1) is 44.9. The molecule has 94 heavy (non-hydrogen) atoms. The maximum Gasteiger partial charge on any atom is 0.338 e. The minimum atomic E-state index is -2.13. The van der Waals surface area contributed by atoms with E-state index in [-0.39, 0.29) is 92.7 Å². The Balaban J connectivity index is 0.831. The highest BCUT2D eigenvalue weighted by molar-refractivity contribution is 5.89. The van der Waals surface area contributed by atoms with Crippen molar-refractivity contribution >= 4 is 11.9 Å². The Kier molecular flexibility index (Phi) is 23.8. The summed E-state index contributed by atoms with van der Waals surface area (Å²) >= 11 is 0. The number of benzene rings is 4. The molecule has 518 valence electrons. The van der Waals surface area contributed by atoms with Gasteiger partial charge in [0.15, 0.2) is 17.7 Å². The maximum absolute atomic E-state index is 14.4. The Morgan fingerprint density at radius 1 is 0.638 bits per heavy atom. The predicted octanol–water partition coefficient (Wildman–Crippen LogP) is 13.4. The van der Waals surface area contributed by atoms with Gasteiger partial charge in [0, 0.05) is 36.5 Å². The molecule has 6 heterocycles. The number of hydrogen-bond donors (Lipinski definition) is 3. The van der Waals surface area contributed by atoms with Gasteiger partial charge >= 0.3 is 11.9 Å². The Labute approximate surface area is 558 Å². The highest BCUT2D eigenvalue weighted by Crippen LogP contribution is 2.57. The molecule has 4 aromatic carbocycles. The summed E-state index contributed by atoms with van der Waals surface area (Å²) in [6.07, 6.45) is 1.65. The molecule has 6 aliphatic rings. The molecule has 0 aromatic heterocycles. The van der Waals surface area contributed by atoms with Crippen molar-refractivity contribution in [2.24, 2.45) is 41.4 Å². The number of carbonyl (C=O) groups is 2. The first-order valence-electron chi connectivity index (χ1n) is 35.0. The van der Waals surface area contributed by atoms with Crippen LogP contribution < -0.4 is 0 Å². The summed E-state index contributed by atoms with van der Waals surface area (Å²) in [5.74, 6) is -8.79. The normalized spacial score (nSPS) is 37.5. The van der Waals surface area contributed by atoms with Crippen LogP contribution in [0.25, 0.3) is 0 Å². The second-order valence-corrected chi connectivity index (χ2v) is 29.4. The third-order valence-corrected chi connectivity index (χ3v) is 22.4. The van der Waals surface area contributed by atoms with E-state index in [0.717, 1.165) is 29.5 Å². The predicted molar refractivity (Wildman–Crippen MR) is 353 cm³/mol. The van der Waals surface area contributed by atoms with E-state index in [4.69, 9.17) is 56.8 Å². The third kappa shape index (κ3) is 16.4. The van der Waals surface area contributed by atoms with E-state index >= 15 is 0 Å². The molecule has 3 N–H and O–H groups in total. The number of carbonyl (C=O) groups excluding carboxylic acids is 2. The topological polar surface area (TPSA) is 206 Å². The molecule has 0 radical (unpaired) electrons. The molecule has 10 rings (SSSR count). The van der Waals surface area contributed by atoms with E-state index in [1.165, 1.54) is 0 Å². The van der Waals surface area contributed by atoms with E-state index in [9.17, 15) is 24.9 Å². The lowest BCUT2D eigenvalue weighted by molar-refractivity contribution is -0.373. The van der Waals surface area contributed by atoms with E-state index < -0.39 is 88.4 Å². The zero-order chi connectivity index (χ0) is 67.1. The molecule has 0 bridgehead atoms. The van der Waals surface area contributed by atoms with Crippen LogP contribution in [-0.2, 0) is 81.5 Å². The first-order valence-corrected chi connectivity index (χ1v) is 35.0. The zero-order valence-electron chi connectivity index (χ0n) is 57.6. The van der Waals surface area contributed by atoms with Crippen molar-refractivity contribution in [3.63, 3.8) is 0 Å². The summed E-state index contributed by atoms with van der Waals surface area (Å²) in [4.78, 5) is 28.0. The molecule has 6 saturated heterocycles. The minimum absolute atomic E-state index is 0.00454. The zero-order valence-corrected chi connectivity index (χ0v) is 57.6. The number of ether oxygens (including phenoxy) is 12. The molecule has 6 fully saturated rings. The van der Waals surface area contributed by atoms with Gasteiger partial charge in [-0.3, -0.25) is 4.79 Å². The van der Waals surface area contributed by atoms with Crippen LogP contribution in [0.15, 0.2) is 121 Å². The average molecular weight is 1310 g/mol. The van der Waals surface area contributed by atoms with Crippen molar-refractivity contribution in [2.45, 2.75) is 269 Å². The smallest absolute Gasteiger partial charge is 0.338 e. The molecular formula is C77H108O17. The molecule has 17 heteroatoms. The Bertz CT molecular complexity index is 3020. The average Bonchev–Trinajstić information content (AvgIpc) is 1.54. The van der Waals surface area contributed by atoms with Crippen LogP contribution in [0.4, 0.5) is 0 Å². The summed E-state index contributed by atoms with van der Waals surface area (Å²) < 4.78 is 79.6. The SMILES string of the molecule is CC[C@@H]1O[C@@H]([C@]2(C)C[C@@H](C)[C@](O)([C@]3(C)CC[C@@H]([C@@H](OC(=O)c4ccccc4)[C@]4(O)O[C@H](C[C@@]5(O)O[C@@H]([C@@H](C)[C@@H](C[C@H]6CC[C@H](C)[C@@H]([C@@H](C)C(=O)OCc7ccccc7)O6)OCOCc6ccccc6)CC[C@@H]5C)[C@@H](C)C[C@H]4C)O3)O2)CC[C@@]1(C)OCOCc1ccccc1. The maximum atomic E-state index is 14.4. The van der Waals surface area contributed by atoms with Crippen molar-refractivity contribution in [3.05, 3.63) is 144 Å². The van der Waals surface area contributed by atoms with Crippen molar-refractivity contribution < 1.29 is 81.8 Å². The number of aliphatic hydroxyl groups is 3. The lowest BCUT2D eigenvalue weighted by atomic mass is 9.76. The lowest BCUT2D eigenvalue weighted by Crippen LogP contribution is -2.64. The summed E-state index contributed by atoms with van der Waals surface area (Å²) in [5.41, 5.74) is 0.441. The van der Waals surface area contributed by atoms with Gasteiger partial charge in [0.25, 0.3) is 0 Å². The molecule has 0 amide bonds. The molecule has 0 spiro atoms. The Morgan fingerprint density at radius 3 is 1.89 bits per heavy atom. The van der Waals surface area contributed by atoms with Crippen LogP contribution in [-0.4, -0.2) is 130 Å². The molecule has 0 aliphatic carbocycles. The highest BCUT2D eigenvalue weighted by Gasteiger charge is 2.68. The fourth-order valence-corrected chi connectivity index (χ4v) is 16.2. The molecule has 0 unspecified atom stereocenters. The molecule has 0 saturated carbocycles. The summed E-state index contributed by atoms with van der Waals surface area (Å²) in [7, 11) is 0. The van der Waals surface area contributed by atoms with E-state index in [2.05, 4.69) is 27.7 Å². The molecule has 22 atom stereocenters. The van der Waals surface area contributed by atoms with Crippen LogP contribution in [0.1, 0.15) is 187 Å². The van der Waals surface area contributed by atoms with Gasteiger partial charge in [-0.2, -0.15) is 0 Å². The van der Waals surface area contributed by atoms with Crippen LogP contribution in [0.5, 0.6) is 0 Å². The highest BCUT2D eigenvalue weighted by atomic mass is 16.7. The van der Waals surface area contributed by atoms with Gasteiger partial charge in [-0.25, -0.2) is 4.79 Å². The monoisotopic (exact) mass is 1300 g/mol. The van der Waals surface area contributed by atoms with Crippen molar-refractivity contribution in [1.29, 1.82) is 0 Å². The number of hydrogen-bond acceptors (Lipinski definition) is 17. The first kappa shape index (κ1) is 72.1. The van der Waals surface area contributed by atoms with Crippen LogP contribution in [0.3, 0.4) is 0 Å². The van der Waals surface area contributed by atoms with Crippen molar-refractivity contribution in [1.82, 2.24) is 0 Å². The van der Waals surface area contributed by atoms with Gasteiger partial charge in [0.1, 0.15) is 31.9 Å². The van der Waals surface area contributed by atoms with Gasteiger partial charge < -0.3 is 72.2 Å². The van der Waals surface area contributed by atoms with Gasteiger partial charge in [-0.1, -0.05) is 158 Å². The van der Waals surface area contributed by atoms with Crippen LogP contribution in [0, 0.1) is 41.4 Å². The van der Waals surface area contributed by atoms with Crippen molar-refractivity contribution in [3.8, 4) is 0 Å². The molecule has 17 nitrogen and oxygen atoms in total. The molecule has 4 aromatic rings. The van der Waals surface area contributed by atoms with Gasteiger partial charge in [0.2, 0.25) is 5.79 Å². The van der Waals surface area contributed by atoms with E-state index in [1.807, 2.05) is 146 Å². The number of rotatable bonds is 27. The molecular weight excluding hydrogens is 1200 g/mol. The van der Waals surface area contributed by atoms with Gasteiger partial charge in [-0.05, 0) is 139 Å². The largest absolute Gasteiger partial charge is 0.461 e. The van der Waals surface area contributed by atoms with E-state index in [1.54, 1.807) is 24.3 Å². The fraction of sp³-hybridized carbons (Fsp3) is 0.662. The minimum Gasteiger partial charge on any atom is -0.461 e. The van der Waals surface area contributed by atoms with Crippen LogP contribution >= 0.6 is 0 Å². The van der Waals surface area contributed by atoms with Crippen molar-refractivity contribution in [2.75, 3.05) is 13.6 Å². The van der Waals surface area contributed by atoms with E-state index in [0.29, 0.717) is 71.0 Å². The number of esters is 2. The standard InChI is InChI=1S/C77H108O17/c1-12-66-72(9,87-49-84-46-58-27-19-14-20-28-58)39-38-67(89-66)73(10)43-54(6)77(82,94-73)74(11)40-37-63(91-74)69(90-71(79)60-31-23-16-24-32-60)76(81)53(5)41-51(3)65(93-76)44-75(80)52(4)34-36-62(92-75)55(7)64(86-48-83-45-57-25-17-13-18-26-57)42-61-35-33-50(2)68(88-61)56(8)70(78)85-47-59-29-21-15-22-30-59/h13-32,50-56,61-69,80-82H,12,33-49H2,1-11H3/t50-,51-,52-,53+,54+,55+,56+,61+,62+,63-,64+,65+,66-,67+,68-,69+,72+,73-,74-,75+,76+,77+/m0/s1. The van der Waals surface area contributed by atoms with Gasteiger partial charge in [0.05, 0.1) is 78.6 Å². The quantitative estimate of drug-likeness (QED) is 0.0288. The van der Waals surface area contributed by atoms with Gasteiger partial charge in [-0.15, -0.1) is 0 Å². The Morgan fingerprint density at radius 2 is 1.26 bits per heavy atom. The summed E-state index contributed by atoms with van der Waals surface area (Å²) in [6, 6.07) is 38.2. The second-order valence-electron chi connectivity index (χ2n) is 29.4. The fourth-order valence-electron chi connectivity index (χ4n) is 16.2. The lowest BCUT2D eigenvalue weighted by Gasteiger charge is -2.52. The summed E-state index contributed by atoms with van der Waals surface area (Å²) in [6.45, 7) is 23.1. The van der Waals surface area contributed by atoms with Crippen LogP contribution in [0.2, 0.25) is 0 Å².